The van der Waals surface area contributed by atoms with E-state index in [1.165, 1.54) is 12.1 Å². The van der Waals surface area contributed by atoms with Crippen molar-refractivity contribution in [1.29, 1.82) is 0 Å². The minimum absolute atomic E-state index is 0.265. The third kappa shape index (κ3) is 3.38. The molecule has 1 aromatic heterocycles. The molecule has 19 heavy (non-hydrogen) atoms. The Hall–Kier alpha value is -2.21. The van der Waals surface area contributed by atoms with Crippen molar-refractivity contribution >= 4 is 11.5 Å². The fourth-order valence-electron chi connectivity index (χ4n) is 1.79. The summed E-state index contributed by atoms with van der Waals surface area (Å²) in [6.07, 6.45) is 0. The van der Waals surface area contributed by atoms with Gasteiger partial charge < -0.3 is 10.3 Å². The maximum absolute atomic E-state index is 13.2. The van der Waals surface area contributed by atoms with Gasteiger partial charge in [0.25, 0.3) is 0 Å². The monoisotopic (exact) mass is 261 g/mol. The number of benzene rings is 1. The quantitative estimate of drug-likeness (QED) is 0.649. The van der Waals surface area contributed by atoms with Crippen LogP contribution in [-0.4, -0.2) is 17.0 Å². The molecule has 0 aliphatic rings. The minimum Gasteiger partial charge on any atom is -0.367 e. The van der Waals surface area contributed by atoms with E-state index in [2.05, 4.69) is 15.4 Å². The van der Waals surface area contributed by atoms with Crippen LogP contribution in [0.2, 0.25) is 0 Å². The zero-order valence-corrected chi connectivity index (χ0v) is 10.9. The number of hydrogen-bond acceptors (Lipinski definition) is 5. The highest BCUT2D eigenvalue weighted by Crippen LogP contribution is 2.16. The van der Waals surface area contributed by atoms with Crippen LogP contribution < -0.4 is 16.2 Å². The third-order valence-corrected chi connectivity index (χ3v) is 2.68. The molecule has 0 radical (unpaired) electrons. The summed E-state index contributed by atoms with van der Waals surface area (Å²) in [5.41, 5.74) is 4.10. The molecule has 3 N–H and O–H groups in total. The van der Waals surface area contributed by atoms with Gasteiger partial charge in [0, 0.05) is 24.5 Å². The summed E-state index contributed by atoms with van der Waals surface area (Å²) in [4.78, 5) is 10.5. The minimum atomic E-state index is -0.265. The number of aryl methyl sites for hydroxylation is 1. The first-order valence-corrected chi connectivity index (χ1v) is 5.86. The average molecular weight is 261 g/mol. The molecule has 0 unspecified atom stereocenters. The van der Waals surface area contributed by atoms with Gasteiger partial charge in [-0.1, -0.05) is 6.07 Å². The van der Waals surface area contributed by atoms with Crippen LogP contribution in [-0.2, 0) is 6.54 Å². The van der Waals surface area contributed by atoms with Crippen LogP contribution in [0.15, 0.2) is 30.3 Å². The first-order valence-electron chi connectivity index (χ1n) is 5.86. The number of halogens is 1. The normalized spacial score (nSPS) is 10.3. The van der Waals surface area contributed by atoms with Gasteiger partial charge in [0.1, 0.15) is 17.5 Å². The molecule has 1 heterocycles. The summed E-state index contributed by atoms with van der Waals surface area (Å²) < 4.78 is 13.2. The zero-order valence-electron chi connectivity index (χ0n) is 10.9. The Labute approximate surface area is 111 Å². The summed E-state index contributed by atoms with van der Waals surface area (Å²) >= 11 is 0. The molecule has 0 aliphatic carbocycles. The van der Waals surface area contributed by atoms with Crippen molar-refractivity contribution in [2.75, 3.05) is 17.4 Å². The predicted molar refractivity (Wildman–Crippen MR) is 73.1 cm³/mol. The second-order valence-electron chi connectivity index (χ2n) is 4.29. The number of hydrazine groups is 1. The lowest BCUT2D eigenvalue weighted by atomic mass is 10.3. The van der Waals surface area contributed by atoms with Crippen molar-refractivity contribution in [3.05, 3.63) is 47.7 Å². The number of nitrogens with one attached hydrogen (secondary N) is 1. The topological polar surface area (TPSA) is 67.1 Å². The van der Waals surface area contributed by atoms with E-state index < -0.39 is 0 Å². The van der Waals surface area contributed by atoms with Crippen LogP contribution in [0, 0.1) is 12.7 Å². The number of anilines is 2. The fourth-order valence-corrected chi connectivity index (χ4v) is 1.79. The van der Waals surface area contributed by atoms with E-state index in [1.54, 1.807) is 12.1 Å². The van der Waals surface area contributed by atoms with E-state index in [9.17, 15) is 4.39 Å². The molecule has 6 heteroatoms. The molecule has 100 valence electrons. The fraction of sp³-hybridized carbons (Fsp3) is 0.231. The number of nitrogen functional groups attached to an aromatic ring is 1. The maximum atomic E-state index is 13.2. The Bertz CT molecular complexity index is 573. The first-order chi connectivity index (χ1) is 9.08. The van der Waals surface area contributed by atoms with Crippen molar-refractivity contribution in [3.8, 4) is 0 Å². The van der Waals surface area contributed by atoms with Gasteiger partial charge in [0.05, 0.1) is 6.54 Å². The van der Waals surface area contributed by atoms with Crippen molar-refractivity contribution < 1.29 is 4.39 Å². The molecule has 2 rings (SSSR count). The highest BCUT2D eigenvalue weighted by atomic mass is 19.1. The molecule has 0 saturated heterocycles. The van der Waals surface area contributed by atoms with Crippen molar-refractivity contribution in [2.45, 2.75) is 13.5 Å². The molecule has 1 aromatic carbocycles. The van der Waals surface area contributed by atoms with Crippen LogP contribution >= 0.6 is 0 Å². The second-order valence-corrected chi connectivity index (χ2v) is 4.29. The first kappa shape index (κ1) is 13.2. The van der Waals surface area contributed by atoms with Crippen LogP contribution in [0.4, 0.5) is 15.9 Å². The number of hydrogen-bond donors (Lipinski definition) is 2. The van der Waals surface area contributed by atoms with Crippen LogP contribution in [0.3, 0.4) is 0 Å². The number of nitrogens with two attached hydrogens (primary N) is 1. The predicted octanol–water partition coefficient (Wildman–Crippen LogP) is 1.85. The molecule has 2 aromatic rings. The molecule has 0 saturated carbocycles. The lowest BCUT2D eigenvalue weighted by Crippen LogP contribution is -2.20. The Kier molecular flexibility index (Phi) is 3.91. The highest BCUT2D eigenvalue weighted by Gasteiger charge is 2.07. The summed E-state index contributed by atoms with van der Waals surface area (Å²) in [5, 5.41) is 0. The van der Waals surface area contributed by atoms with Gasteiger partial charge in [-0.3, -0.25) is 0 Å². The van der Waals surface area contributed by atoms with Gasteiger partial charge in [0.15, 0.2) is 0 Å². The summed E-state index contributed by atoms with van der Waals surface area (Å²) in [6.45, 7) is 2.34. The Morgan fingerprint density at radius 1 is 1.32 bits per heavy atom. The molecular weight excluding hydrogens is 245 g/mol. The van der Waals surface area contributed by atoms with Crippen LogP contribution in [0.5, 0.6) is 0 Å². The van der Waals surface area contributed by atoms with Crippen LogP contribution in [0.25, 0.3) is 0 Å². The van der Waals surface area contributed by atoms with Gasteiger partial charge >= 0.3 is 0 Å². The molecule has 0 atom stereocenters. The number of aromatic nitrogens is 2. The molecule has 0 aliphatic heterocycles. The Morgan fingerprint density at radius 2 is 2.11 bits per heavy atom. The van der Waals surface area contributed by atoms with Crippen molar-refractivity contribution in [1.82, 2.24) is 9.97 Å². The molecule has 0 bridgehead atoms. The summed E-state index contributed by atoms with van der Waals surface area (Å²) in [7, 11) is 1.86. The van der Waals surface area contributed by atoms with Gasteiger partial charge in [-0.15, -0.1) is 0 Å². The molecule has 0 fully saturated rings. The van der Waals surface area contributed by atoms with Gasteiger partial charge in [0.2, 0.25) is 0 Å². The number of rotatable bonds is 4. The van der Waals surface area contributed by atoms with E-state index >= 15 is 0 Å². The Morgan fingerprint density at radius 3 is 2.79 bits per heavy atom. The van der Waals surface area contributed by atoms with Gasteiger partial charge in [-0.2, -0.15) is 0 Å². The lowest BCUT2D eigenvalue weighted by Gasteiger charge is -2.18. The molecule has 5 nitrogen and oxygen atoms in total. The van der Waals surface area contributed by atoms with Crippen molar-refractivity contribution in [3.63, 3.8) is 0 Å². The molecule has 0 spiro atoms. The van der Waals surface area contributed by atoms with Gasteiger partial charge in [-0.05, 0) is 25.1 Å². The van der Waals surface area contributed by atoms with Crippen LogP contribution in [0.1, 0.15) is 11.5 Å². The smallest absolute Gasteiger partial charge is 0.150 e. The zero-order chi connectivity index (χ0) is 13.8. The third-order valence-electron chi connectivity index (χ3n) is 2.68. The van der Waals surface area contributed by atoms with E-state index in [0.717, 1.165) is 11.4 Å². The van der Waals surface area contributed by atoms with Gasteiger partial charge in [-0.25, -0.2) is 20.2 Å². The summed E-state index contributed by atoms with van der Waals surface area (Å²) in [6, 6.07) is 8.15. The van der Waals surface area contributed by atoms with Crippen molar-refractivity contribution in [2.24, 2.45) is 5.84 Å². The summed E-state index contributed by atoms with van der Waals surface area (Å²) in [5.74, 6) is 6.27. The lowest BCUT2D eigenvalue weighted by molar-refractivity contribution is 0.627. The van der Waals surface area contributed by atoms with E-state index in [0.29, 0.717) is 18.2 Å². The van der Waals surface area contributed by atoms with E-state index in [-0.39, 0.29) is 5.82 Å². The largest absolute Gasteiger partial charge is 0.367 e. The standard InChI is InChI=1S/C13H16FN5/c1-9-6-12(18-15)17-13(16-9)8-19(2)11-5-3-4-10(14)7-11/h3-7H,8,15H2,1-2H3,(H,16,17,18). The maximum Gasteiger partial charge on any atom is 0.150 e. The molecule has 0 amide bonds. The second kappa shape index (κ2) is 5.62. The highest BCUT2D eigenvalue weighted by molar-refractivity contribution is 5.46. The molecular formula is C13H16FN5. The van der Waals surface area contributed by atoms with E-state index in [4.69, 9.17) is 5.84 Å². The Balaban J connectivity index is 2.18. The SMILES string of the molecule is Cc1cc(NN)nc(CN(C)c2cccc(F)c2)n1. The number of nitrogens with zero attached hydrogens (tertiary/aromatic N) is 3. The average Bonchev–Trinajstić information content (AvgIpc) is 2.38. The van der Waals surface area contributed by atoms with E-state index in [1.807, 2.05) is 24.9 Å².